The zero-order valence-corrected chi connectivity index (χ0v) is 18.9. The van der Waals surface area contributed by atoms with E-state index < -0.39 is 16.9 Å². The summed E-state index contributed by atoms with van der Waals surface area (Å²) in [5.74, 6) is -0.551. The highest BCUT2D eigenvalue weighted by Crippen LogP contribution is 2.31. The van der Waals surface area contributed by atoms with Crippen molar-refractivity contribution in [2.24, 2.45) is 0 Å². The van der Waals surface area contributed by atoms with Gasteiger partial charge in [-0.1, -0.05) is 30.3 Å². The van der Waals surface area contributed by atoms with Crippen LogP contribution in [0.5, 0.6) is 0 Å². The third-order valence-electron chi connectivity index (χ3n) is 6.62. The van der Waals surface area contributed by atoms with E-state index in [1.54, 1.807) is 18.2 Å². The minimum atomic E-state index is -0.584. The van der Waals surface area contributed by atoms with E-state index in [0.717, 1.165) is 5.56 Å². The van der Waals surface area contributed by atoms with Gasteiger partial charge in [-0.2, -0.15) is 0 Å². The number of benzene rings is 2. The highest BCUT2D eigenvalue weighted by molar-refractivity contribution is 5.94. The smallest absolute Gasteiger partial charge is 0.317 e. The molecule has 8 heteroatoms. The van der Waals surface area contributed by atoms with Crippen molar-refractivity contribution in [3.63, 3.8) is 0 Å². The van der Waals surface area contributed by atoms with E-state index in [1.165, 1.54) is 9.13 Å². The summed E-state index contributed by atoms with van der Waals surface area (Å²) < 4.78 is 14.4. The van der Waals surface area contributed by atoms with Gasteiger partial charge in [-0.3, -0.25) is 23.5 Å². The molecule has 0 unspecified atom stereocenters. The summed E-state index contributed by atoms with van der Waals surface area (Å²) in [7, 11) is 0. The van der Waals surface area contributed by atoms with Crippen LogP contribution in [-0.4, -0.2) is 52.0 Å². The number of para-hydroxylation sites is 2. The van der Waals surface area contributed by atoms with Crippen LogP contribution in [0, 0.1) is 0 Å². The SMILES string of the molecule is C=CCn1c(=O)c(=O)n(Cc2ccc(C(=O)N3CCC4(CC3)OCCO4)cc2)c2ccccc21. The lowest BCUT2D eigenvalue weighted by Crippen LogP contribution is -2.47. The van der Waals surface area contributed by atoms with Crippen molar-refractivity contribution < 1.29 is 14.3 Å². The van der Waals surface area contributed by atoms with Gasteiger partial charge in [0.2, 0.25) is 0 Å². The van der Waals surface area contributed by atoms with E-state index in [2.05, 4.69) is 6.58 Å². The molecule has 0 N–H and O–H groups in total. The van der Waals surface area contributed by atoms with E-state index >= 15 is 0 Å². The average molecular weight is 462 g/mol. The van der Waals surface area contributed by atoms with Crippen molar-refractivity contribution in [1.29, 1.82) is 0 Å². The quantitative estimate of drug-likeness (QED) is 0.430. The van der Waals surface area contributed by atoms with Crippen molar-refractivity contribution in [2.45, 2.75) is 31.7 Å². The Bertz CT molecular complexity index is 1340. The highest BCUT2D eigenvalue weighted by atomic mass is 16.7. The van der Waals surface area contributed by atoms with Crippen molar-refractivity contribution in [1.82, 2.24) is 14.0 Å². The van der Waals surface area contributed by atoms with Gasteiger partial charge in [0.25, 0.3) is 5.91 Å². The van der Waals surface area contributed by atoms with Crippen LogP contribution in [-0.2, 0) is 22.6 Å². The van der Waals surface area contributed by atoms with Gasteiger partial charge in [-0.05, 0) is 29.8 Å². The zero-order valence-electron chi connectivity index (χ0n) is 18.9. The Balaban J connectivity index is 1.36. The fourth-order valence-electron chi connectivity index (χ4n) is 4.79. The summed E-state index contributed by atoms with van der Waals surface area (Å²) in [5.41, 5.74) is 1.61. The number of hydrogen-bond donors (Lipinski definition) is 0. The first kappa shape index (κ1) is 22.3. The molecule has 34 heavy (non-hydrogen) atoms. The predicted molar refractivity (Wildman–Crippen MR) is 128 cm³/mol. The second-order valence-corrected chi connectivity index (χ2v) is 8.68. The maximum Gasteiger partial charge on any atom is 0.317 e. The number of fused-ring (bicyclic) bond motifs is 1. The lowest BCUT2D eigenvalue weighted by atomic mass is 10.0. The lowest BCUT2D eigenvalue weighted by molar-refractivity contribution is -0.181. The molecule has 3 heterocycles. The third kappa shape index (κ3) is 3.99. The number of nitrogens with zero attached hydrogens (tertiary/aromatic N) is 3. The van der Waals surface area contributed by atoms with Gasteiger partial charge in [0.1, 0.15) is 0 Å². The first-order chi connectivity index (χ1) is 16.5. The highest BCUT2D eigenvalue weighted by Gasteiger charge is 2.40. The molecular weight excluding hydrogens is 434 g/mol. The Hall–Kier alpha value is -3.49. The minimum absolute atomic E-state index is 0.0333. The molecule has 2 aliphatic heterocycles. The number of aromatic nitrogens is 2. The molecule has 0 bridgehead atoms. The maximum absolute atomic E-state index is 13.0. The summed E-state index contributed by atoms with van der Waals surface area (Å²) in [6.07, 6.45) is 2.94. The van der Waals surface area contributed by atoms with E-state index in [1.807, 2.05) is 41.3 Å². The molecule has 2 aliphatic rings. The average Bonchev–Trinajstić information content (AvgIpc) is 3.32. The van der Waals surface area contributed by atoms with Crippen LogP contribution < -0.4 is 11.1 Å². The van der Waals surface area contributed by atoms with Crippen molar-refractivity contribution in [3.8, 4) is 0 Å². The summed E-state index contributed by atoms with van der Waals surface area (Å²) in [6.45, 7) is 6.58. The molecule has 0 aliphatic carbocycles. The molecule has 2 fully saturated rings. The number of allylic oxidation sites excluding steroid dienone is 1. The molecule has 8 nitrogen and oxygen atoms in total. The first-order valence-corrected chi connectivity index (χ1v) is 11.5. The van der Waals surface area contributed by atoms with E-state index in [9.17, 15) is 14.4 Å². The molecule has 2 saturated heterocycles. The van der Waals surface area contributed by atoms with Gasteiger partial charge in [0, 0.05) is 38.0 Å². The Morgan fingerprint density at radius 2 is 1.50 bits per heavy atom. The number of likely N-dealkylation sites (tertiary alicyclic amines) is 1. The van der Waals surface area contributed by atoms with Crippen molar-refractivity contribution >= 4 is 16.9 Å². The van der Waals surface area contributed by atoms with Crippen LogP contribution >= 0.6 is 0 Å². The largest absolute Gasteiger partial charge is 0.347 e. The molecule has 1 aromatic heterocycles. The molecule has 2 aromatic carbocycles. The number of amides is 1. The summed E-state index contributed by atoms with van der Waals surface area (Å²) in [5, 5.41) is 0. The number of carbonyl (C=O) groups is 1. The molecule has 3 aromatic rings. The fourth-order valence-corrected chi connectivity index (χ4v) is 4.79. The third-order valence-corrected chi connectivity index (χ3v) is 6.62. The van der Waals surface area contributed by atoms with Crippen LogP contribution in [0.1, 0.15) is 28.8 Å². The number of piperidine rings is 1. The normalized spacial score (nSPS) is 17.4. The molecule has 0 radical (unpaired) electrons. The number of ether oxygens (including phenoxy) is 2. The molecule has 5 rings (SSSR count). The van der Waals surface area contributed by atoms with Gasteiger partial charge in [-0.25, -0.2) is 0 Å². The Kier molecular flexibility index (Phi) is 5.93. The number of rotatable bonds is 5. The summed E-state index contributed by atoms with van der Waals surface area (Å²) in [4.78, 5) is 40.4. The first-order valence-electron chi connectivity index (χ1n) is 11.5. The van der Waals surface area contributed by atoms with E-state index in [4.69, 9.17) is 9.47 Å². The monoisotopic (exact) mass is 461 g/mol. The van der Waals surface area contributed by atoms with Crippen LogP contribution in [0.3, 0.4) is 0 Å². The summed E-state index contributed by atoms with van der Waals surface area (Å²) >= 11 is 0. The molecule has 0 saturated carbocycles. The topological polar surface area (TPSA) is 82.8 Å². The van der Waals surface area contributed by atoms with Gasteiger partial charge < -0.3 is 14.4 Å². The molecule has 1 spiro atoms. The summed E-state index contributed by atoms with van der Waals surface area (Å²) in [6, 6.07) is 14.5. The van der Waals surface area contributed by atoms with Crippen LogP contribution in [0.25, 0.3) is 11.0 Å². The van der Waals surface area contributed by atoms with Crippen LogP contribution in [0.15, 0.2) is 70.8 Å². The van der Waals surface area contributed by atoms with Gasteiger partial charge in [0.05, 0.1) is 30.8 Å². The predicted octanol–water partition coefficient (Wildman–Crippen LogP) is 2.38. The van der Waals surface area contributed by atoms with Crippen LogP contribution in [0.2, 0.25) is 0 Å². The Morgan fingerprint density at radius 3 is 2.12 bits per heavy atom. The molecule has 1 amide bonds. The van der Waals surface area contributed by atoms with Gasteiger partial charge >= 0.3 is 11.1 Å². The second kappa shape index (κ2) is 9.04. The standard InChI is InChI=1S/C26H27N3O5/c1-2-13-28-21-5-3-4-6-22(21)29(25(32)24(28)31)18-19-7-9-20(10-8-19)23(30)27-14-11-26(12-15-27)33-16-17-34-26/h2-10H,1,11-18H2. The lowest BCUT2D eigenvalue weighted by Gasteiger charge is -2.37. The molecule has 0 atom stereocenters. The van der Waals surface area contributed by atoms with Gasteiger partial charge in [0.15, 0.2) is 5.79 Å². The fraction of sp³-hybridized carbons (Fsp3) is 0.346. The number of carbonyl (C=O) groups excluding carboxylic acids is 1. The zero-order chi connectivity index (χ0) is 23.7. The van der Waals surface area contributed by atoms with Crippen molar-refractivity contribution in [2.75, 3.05) is 26.3 Å². The Morgan fingerprint density at radius 1 is 0.912 bits per heavy atom. The minimum Gasteiger partial charge on any atom is -0.347 e. The van der Waals surface area contributed by atoms with Gasteiger partial charge in [-0.15, -0.1) is 6.58 Å². The van der Waals surface area contributed by atoms with E-state index in [-0.39, 0.29) is 19.0 Å². The van der Waals surface area contributed by atoms with Crippen LogP contribution in [0.4, 0.5) is 0 Å². The second-order valence-electron chi connectivity index (χ2n) is 8.68. The van der Waals surface area contributed by atoms with E-state index in [0.29, 0.717) is 55.7 Å². The molecule has 176 valence electrons. The number of hydrogen-bond acceptors (Lipinski definition) is 5. The Labute approximate surface area is 196 Å². The molecular formula is C26H27N3O5. The van der Waals surface area contributed by atoms with Crippen molar-refractivity contribution in [3.05, 3.63) is 93.0 Å². The maximum atomic E-state index is 13.0.